The number of piperazine rings is 1. The third-order valence-electron chi connectivity index (χ3n) is 3.72. The van der Waals surface area contributed by atoms with Gasteiger partial charge in [-0.25, -0.2) is 4.98 Å². The SMILES string of the molecule is COc1ccccc1N1CCN(c2ncc(CN)s2)CC1. The summed E-state index contributed by atoms with van der Waals surface area (Å²) in [6, 6.07) is 8.18. The Morgan fingerprint density at radius 1 is 1.19 bits per heavy atom. The largest absolute Gasteiger partial charge is 0.495 e. The molecule has 2 N–H and O–H groups in total. The van der Waals surface area contributed by atoms with Crippen LogP contribution in [0, 0.1) is 0 Å². The third kappa shape index (κ3) is 2.96. The minimum atomic E-state index is 0.568. The normalized spacial score (nSPS) is 15.3. The minimum absolute atomic E-state index is 0.568. The van der Waals surface area contributed by atoms with Gasteiger partial charge < -0.3 is 20.3 Å². The average molecular weight is 304 g/mol. The lowest BCUT2D eigenvalue weighted by Crippen LogP contribution is -2.46. The fourth-order valence-electron chi connectivity index (χ4n) is 2.57. The van der Waals surface area contributed by atoms with Crippen LogP contribution in [-0.4, -0.2) is 38.3 Å². The summed E-state index contributed by atoms with van der Waals surface area (Å²) in [5.74, 6) is 0.936. The van der Waals surface area contributed by atoms with Crippen molar-refractivity contribution in [1.82, 2.24) is 4.98 Å². The highest BCUT2D eigenvalue weighted by molar-refractivity contribution is 7.15. The number of anilines is 2. The molecule has 6 heteroatoms. The van der Waals surface area contributed by atoms with Crippen LogP contribution < -0.4 is 20.3 Å². The Morgan fingerprint density at radius 2 is 1.90 bits per heavy atom. The Bertz CT molecular complexity index is 593. The molecule has 0 saturated carbocycles. The van der Waals surface area contributed by atoms with Crippen LogP contribution in [-0.2, 0) is 6.54 Å². The molecule has 1 aromatic heterocycles. The second-order valence-electron chi connectivity index (χ2n) is 4.96. The molecule has 0 amide bonds. The van der Waals surface area contributed by atoms with Crippen LogP contribution in [0.5, 0.6) is 5.75 Å². The van der Waals surface area contributed by atoms with Crippen LogP contribution in [0.3, 0.4) is 0 Å². The Hall–Kier alpha value is -1.79. The van der Waals surface area contributed by atoms with Gasteiger partial charge in [-0.1, -0.05) is 12.1 Å². The summed E-state index contributed by atoms with van der Waals surface area (Å²) in [4.78, 5) is 10.3. The van der Waals surface area contributed by atoms with Crippen LogP contribution >= 0.6 is 11.3 Å². The number of nitrogens with two attached hydrogens (primary N) is 1. The first kappa shape index (κ1) is 14.2. The highest BCUT2D eigenvalue weighted by Gasteiger charge is 2.21. The molecule has 0 bridgehead atoms. The van der Waals surface area contributed by atoms with Gasteiger partial charge in [-0.05, 0) is 12.1 Å². The predicted octanol–water partition coefficient (Wildman–Crippen LogP) is 1.94. The maximum absolute atomic E-state index is 5.65. The molecule has 5 nitrogen and oxygen atoms in total. The van der Waals surface area contributed by atoms with Gasteiger partial charge >= 0.3 is 0 Å². The molecule has 0 aliphatic carbocycles. The number of hydrogen-bond acceptors (Lipinski definition) is 6. The van der Waals surface area contributed by atoms with E-state index >= 15 is 0 Å². The van der Waals surface area contributed by atoms with E-state index in [-0.39, 0.29) is 0 Å². The monoisotopic (exact) mass is 304 g/mol. The lowest BCUT2D eigenvalue weighted by Gasteiger charge is -2.36. The van der Waals surface area contributed by atoms with E-state index in [1.807, 2.05) is 18.3 Å². The number of hydrogen-bond donors (Lipinski definition) is 1. The van der Waals surface area contributed by atoms with Crippen molar-refractivity contribution in [1.29, 1.82) is 0 Å². The summed E-state index contributed by atoms with van der Waals surface area (Å²) in [5.41, 5.74) is 6.82. The number of benzene rings is 1. The number of para-hydroxylation sites is 2. The number of rotatable bonds is 4. The van der Waals surface area contributed by atoms with Crippen LogP contribution in [0.1, 0.15) is 4.88 Å². The molecule has 1 fully saturated rings. The van der Waals surface area contributed by atoms with E-state index in [0.29, 0.717) is 6.54 Å². The third-order valence-corrected chi connectivity index (χ3v) is 4.80. The number of ether oxygens (including phenoxy) is 1. The van der Waals surface area contributed by atoms with Crippen LogP contribution in [0.15, 0.2) is 30.5 Å². The van der Waals surface area contributed by atoms with Crippen molar-refractivity contribution in [3.05, 3.63) is 35.3 Å². The molecule has 2 heterocycles. The van der Waals surface area contributed by atoms with Gasteiger partial charge in [-0.15, -0.1) is 11.3 Å². The van der Waals surface area contributed by atoms with Crippen LogP contribution in [0.4, 0.5) is 10.8 Å². The second kappa shape index (κ2) is 6.32. The molecular formula is C15H20N4OS. The summed E-state index contributed by atoms with van der Waals surface area (Å²) >= 11 is 1.69. The zero-order chi connectivity index (χ0) is 14.7. The van der Waals surface area contributed by atoms with E-state index in [2.05, 4.69) is 26.9 Å². The van der Waals surface area contributed by atoms with Crippen molar-refractivity contribution in [2.24, 2.45) is 5.73 Å². The van der Waals surface area contributed by atoms with E-state index in [4.69, 9.17) is 10.5 Å². The van der Waals surface area contributed by atoms with Crippen molar-refractivity contribution in [2.75, 3.05) is 43.1 Å². The maximum atomic E-state index is 5.65. The predicted molar refractivity (Wildman–Crippen MR) is 87.4 cm³/mol. The van der Waals surface area contributed by atoms with Gasteiger partial charge in [-0.3, -0.25) is 0 Å². The Kier molecular flexibility index (Phi) is 4.26. The minimum Gasteiger partial charge on any atom is -0.495 e. The smallest absolute Gasteiger partial charge is 0.185 e. The van der Waals surface area contributed by atoms with Crippen molar-refractivity contribution < 1.29 is 4.74 Å². The maximum Gasteiger partial charge on any atom is 0.185 e. The molecule has 1 aliphatic rings. The molecule has 3 rings (SSSR count). The number of nitrogens with zero attached hydrogens (tertiary/aromatic N) is 3. The summed E-state index contributed by atoms with van der Waals surface area (Å²) in [6.07, 6.45) is 1.88. The first-order valence-electron chi connectivity index (χ1n) is 7.09. The summed E-state index contributed by atoms with van der Waals surface area (Å²) in [6.45, 7) is 4.44. The molecule has 112 valence electrons. The molecule has 1 aliphatic heterocycles. The molecule has 21 heavy (non-hydrogen) atoms. The Balaban J connectivity index is 1.67. The van der Waals surface area contributed by atoms with E-state index in [1.165, 1.54) is 5.69 Å². The van der Waals surface area contributed by atoms with Gasteiger partial charge in [0.1, 0.15) is 5.75 Å². The molecule has 0 unspecified atom stereocenters. The first-order valence-corrected chi connectivity index (χ1v) is 7.91. The summed E-state index contributed by atoms with van der Waals surface area (Å²) in [7, 11) is 1.72. The topological polar surface area (TPSA) is 54.6 Å². The molecule has 0 atom stereocenters. The summed E-state index contributed by atoms with van der Waals surface area (Å²) < 4.78 is 5.45. The van der Waals surface area contributed by atoms with Crippen molar-refractivity contribution in [3.63, 3.8) is 0 Å². The second-order valence-corrected chi connectivity index (χ2v) is 6.05. The Labute approximate surface area is 129 Å². The summed E-state index contributed by atoms with van der Waals surface area (Å²) in [5, 5.41) is 1.08. The molecular weight excluding hydrogens is 284 g/mol. The van der Waals surface area contributed by atoms with Gasteiger partial charge in [0.15, 0.2) is 5.13 Å². The molecule has 1 aromatic carbocycles. The van der Waals surface area contributed by atoms with Gasteiger partial charge in [0.2, 0.25) is 0 Å². The van der Waals surface area contributed by atoms with E-state index in [9.17, 15) is 0 Å². The van der Waals surface area contributed by atoms with Gasteiger partial charge in [-0.2, -0.15) is 0 Å². The lowest BCUT2D eigenvalue weighted by atomic mass is 10.2. The van der Waals surface area contributed by atoms with E-state index in [1.54, 1.807) is 18.4 Å². The van der Waals surface area contributed by atoms with Crippen LogP contribution in [0.2, 0.25) is 0 Å². The Morgan fingerprint density at radius 3 is 2.57 bits per heavy atom. The average Bonchev–Trinajstić information content (AvgIpc) is 3.04. The molecule has 2 aromatic rings. The van der Waals surface area contributed by atoms with E-state index < -0.39 is 0 Å². The fourth-order valence-corrected chi connectivity index (χ4v) is 3.41. The van der Waals surface area contributed by atoms with Gasteiger partial charge in [0, 0.05) is 43.8 Å². The molecule has 0 radical (unpaired) electrons. The van der Waals surface area contributed by atoms with Gasteiger partial charge in [0.05, 0.1) is 12.8 Å². The number of aromatic nitrogens is 1. The first-order chi connectivity index (χ1) is 10.3. The molecule has 1 saturated heterocycles. The van der Waals surface area contributed by atoms with Crippen molar-refractivity contribution in [2.45, 2.75) is 6.54 Å². The van der Waals surface area contributed by atoms with Crippen molar-refractivity contribution >= 4 is 22.2 Å². The highest BCUT2D eigenvalue weighted by atomic mass is 32.1. The standard InChI is InChI=1S/C15H20N4OS/c1-20-14-5-3-2-4-13(14)18-6-8-19(9-7-18)15-17-11-12(10-16)21-15/h2-5,11H,6-10,16H2,1H3. The highest BCUT2D eigenvalue weighted by Crippen LogP contribution is 2.30. The zero-order valence-electron chi connectivity index (χ0n) is 12.2. The van der Waals surface area contributed by atoms with Crippen LogP contribution in [0.25, 0.3) is 0 Å². The van der Waals surface area contributed by atoms with E-state index in [0.717, 1.165) is 41.9 Å². The fraction of sp³-hybridized carbons (Fsp3) is 0.400. The van der Waals surface area contributed by atoms with Crippen molar-refractivity contribution in [3.8, 4) is 5.75 Å². The zero-order valence-corrected chi connectivity index (χ0v) is 13.0. The molecule has 0 spiro atoms. The lowest BCUT2D eigenvalue weighted by molar-refractivity contribution is 0.413. The number of methoxy groups -OCH3 is 1. The number of thiazole rings is 1. The quantitative estimate of drug-likeness (QED) is 0.935. The van der Waals surface area contributed by atoms with Gasteiger partial charge in [0.25, 0.3) is 0 Å².